The molecule has 7 nitrogen and oxygen atoms in total. The molecule has 0 unspecified atom stereocenters. The Labute approximate surface area is 176 Å². The number of carbonyl (C=O) groups excluding carboxylic acids is 1. The zero-order chi connectivity index (χ0) is 21.9. The molecule has 0 fully saturated rings. The first-order valence-electron chi connectivity index (χ1n) is 9.28. The lowest BCUT2D eigenvalue weighted by molar-refractivity contribution is 0.0774. The van der Waals surface area contributed by atoms with Gasteiger partial charge in [0.2, 0.25) is 0 Å². The van der Waals surface area contributed by atoms with E-state index in [-0.39, 0.29) is 17.3 Å². The Kier molecular flexibility index (Phi) is 6.17. The number of benzene rings is 2. The van der Waals surface area contributed by atoms with E-state index >= 15 is 0 Å². The predicted molar refractivity (Wildman–Crippen MR) is 114 cm³/mol. The Morgan fingerprint density at radius 3 is 2.37 bits per heavy atom. The Morgan fingerprint density at radius 1 is 1.07 bits per heavy atom. The first kappa shape index (κ1) is 21.4. The first-order valence-corrected chi connectivity index (χ1v) is 10.8. The third-order valence-corrected chi connectivity index (χ3v) is 6.01. The van der Waals surface area contributed by atoms with Crippen LogP contribution in [-0.2, 0) is 16.6 Å². The van der Waals surface area contributed by atoms with Gasteiger partial charge in [-0.3, -0.25) is 9.52 Å². The Hall–Kier alpha value is -3.26. The second-order valence-electron chi connectivity index (χ2n) is 6.98. The van der Waals surface area contributed by atoms with Crippen LogP contribution in [0.25, 0.3) is 0 Å². The number of nitrogens with zero attached hydrogens (tertiary/aromatic N) is 1. The SMILES string of the molecule is COc1ccc(NS(=O)(=O)c2ccc(C)c(C(=O)N(C)Cc3ccc(C)o3)c2)cc1. The fourth-order valence-electron chi connectivity index (χ4n) is 2.95. The van der Waals surface area contributed by atoms with Gasteiger partial charge in [0.1, 0.15) is 17.3 Å². The molecule has 0 atom stereocenters. The van der Waals surface area contributed by atoms with Gasteiger partial charge in [0.25, 0.3) is 15.9 Å². The molecule has 158 valence electrons. The van der Waals surface area contributed by atoms with Crippen LogP contribution in [0.5, 0.6) is 5.75 Å². The van der Waals surface area contributed by atoms with Gasteiger partial charge in [-0.1, -0.05) is 6.07 Å². The summed E-state index contributed by atoms with van der Waals surface area (Å²) >= 11 is 0. The smallest absolute Gasteiger partial charge is 0.261 e. The van der Waals surface area contributed by atoms with Crippen LogP contribution in [0.2, 0.25) is 0 Å². The molecule has 3 rings (SSSR count). The summed E-state index contributed by atoms with van der Waals surface area (Å²) in [6.07, 6.45) is 0. The highest BCUT2D eigenvalue weighted by Gasteiger charge is 2.21. The third kappa shape index (κ3) is 4.83. The van der Waals surface area contributed by atoms with E-state index in [0.717, 1.165) is 5.76 Å². The van der Waals surface area contributed by atoms with Gasteiger partial charge in [-0.05, 0) is 67.9 Å². The summed E-state index contributed by atoms with van der Waals surface area (Å²) in [6.45, 7) is 3.89. The molecule has 0 spiro atoms. The van der Waals surface area contributed by atoms with Crippen molar-refractivity contribution in [3.8, 4) is 5.75 Å². The lowest BCUT2D eigenvalue weighted by atomic mass is 10.1. The van der Waals surface area contributed by atoms with E-state index in [0.29, 0.717) is 28.3 Å². The van der Waals surface area contributed by atoms with Crippen LogP contribution in [-0.4, -0.2) is 33.4 Å². The van der Waals surface area contributed by atoms with Gasteiger partial charge in [0.05, 0.1) is 18.6 Å². The molecule has 0 aliphatic carbocycles. The molecular formula is C22H24N2O5S. The molecule has 1 heterocycles. The average Bonchev–Trinajstić information content (AvgIpc) is 3.12. The minimum atomic E-state index is -3.87. The summed E-state index contributed by atoms with van der Waals surface area (Å²) < 4.78 is 38.8. The first-order chi connectivity index (χ1) is 14.2. The Bertz CT molecular complexity index is 1150. The van der Waals surface area contributed by atoms with Gasteiger partial charge < -0.3 is 14.1 Å². The van der Waals surface area contributed by atoms with Crippen LogP contribution < -0.4 is 9.46 Å². The number of methoxy groups -OCH3 is 1. The number of carbonyl (C=O) groups is 1. The zero-order valence-corrected chi connectivity index (χ0v) is 18.1. The highest BCUT2D eigenvalue weighted by Crippen LogP contribution is 2.22. The number of rotatable bonds is 7. The lowest BCUT2D eigenvalue weighted by Gasteiger charge is -2.18. The molecule has 0 saturated heterocycles. The van der Waals surface area contributed by atoms with E-state index in [4.69, 9.17) is 9.15 Å². The molecule has 0 aliphatic heterocycles. The molecule has 3 aromatic rings. The fourth-order valence-corrected chi connectivity index (χ4v) is 4.04. The summed E-state index contributed by atoms with van der Waals surface area (Å²) in [5.74, 6) is 1.75. The van der Waals surface area contributed by atoms with E-state index in [1.54, 1.807) is 44.3 Å². The molecule has 1 aromatic heterocycles. The molecule has 0 radical (unpaired) electrons. The number of sulfonamides is 1. The van der Waals surface area contributed by atoms with Crippen molar-refractivity contribution in [1.29, 1.82) is 0 Å². The van der Waals surface area contributed by atoms with Gasteiger partial charge in [0.15, 0.2) is 0 Å². The van der Waals surface area contributed by atoms with Gasteiger partial charge in [-0.2, -0.15) is 0 Å². The fraction of sp³-hybridized carbons (Fsp3) is 0.227. The number of nitrogens with one attached hydrogen (secondary N) is 1. The average molecular weight is 429 g/mol. The van der Waals surface area contributed by atoms with Crippen molar-refractivity contribution >= 4 is 21.6 Å². The number of ether oxygens (including phenoxy) is 1. The summed E-state index contributed by atoms with van der Waals surface area (Å²) in [4.78, 5) is 14.4. The third-order valence-electron chi connectivity index (χ3n) is 4.63. The van der Waals surface area contributed by atoms with Crippen molar-refractivity contribution in [2.45, 2.75) is 25.3 Å². The monoisotopic (exact) mass is 428 g/mol. The number of hydrogen-bond donors (Lipinski definition) is 1. The summed E-state index contributed by atoms with van der Waals surface area (Å²) in [5.41, 5.74) is 1.40. The predicted octanol–water partition coefficient (Wildman–Crippen LogP) is 3.98. The normalized spacial score (nSPS) is 11.2. The van der Waals surface area contributed by atoms with Crippen LogP contribution in [0.3, 0.4) is 0 Å². The van der Waals surface area contributed by atoms with Gasteiger partial charge >= 0.3 is 0 Å². The van der Waals surface area contributed by atoms with Gasteiger partial charge in [-0.15, -0.1) is 0 Å². The second-order valence-corrected chi connectivity index (χ2v) is 8.67. The van der Waals surface area contributed by atoms with Crippen molar-refractivity contribution in [3.63, 3.8) is 0 Å². The topological polar surface area (TPSA) is 88.8 Å². The largest absolute Gasteiger partial charge is 0.497 e. The number of aryl methyl sites for hydroxylation is 2. The minimum absolute atomic E-state index is 0.00881. The van der Waals surface area contributed by atoms with E-state index in [1.165, 1.54) is 24.1 Å². The van der Waals surface area contributed by atoms with Crippen molar-refractivity contribution < 1.29 is 22.4 Å². The number of furan rings is 1. The van der Waals surface area contributed by atoms with Crippen LogP contribution in [0.4, 0.5) is 5.69 Å². The minimum Gasteiger partial charge on any atom is -0.497 e. The van der Waals surface area contributed by atoms with Crippen molar-refractivity contribution in [2.75, 3.05) is 18.9 Å². The van der Waals surface area contributed by atoms with Crippen molar-refractivity contribution in [2.24, 2.45) is 0 Å². The van der Waals surface area contributed by atoms with E-state index < -0.39 is 10.0 Å². The number of amides is 1. The highest BCUT2D eigenvalue weighted by atomic mass is 32.2. The quantitative estimate of drug-likeness (QED) is 0.615. The van der Waals surface area contributed by atoms with Crippen LogP contribution in [0.15, 0.2) is 63.9 Å². The van der Waals surface area contributed by atoms with E-state index in [1.807, 2.05) is 19.1 Å². The molecule has 0 aliphatic rings. The summed E-state index contributed by atoms with van der Waals surface area (Å²) in [7, 11) is -0.682. The Balaban J connectivity index is 1.83. The maximum atomic E-state index is 12.9. The Morgan fingerprint density at radius 2 is 1.77 bits per heavy atom. The molecule has 2 aromatic carbocycles. The molecular weight excluding hydrogens is 404 g/mol. The van der Waals surface area contributed by atoms with Crippen molar-refractivity contribution in [1.82, 2.24) is 4.90 Å². The van der Waals surface area contributed by atoms with Gasteiger partial charge in [-0.25, -0.2) is 8.42 Å². The van der Waals surface area contributed by atoms with E-state index in [9.17, 15) is 13.2 Å². The molecule has 0 saturated carbocycles. The second kappa shape index (κ2) is 8.62. The van der Waals surface area contributed by atoms with Crippen LogP contribution in [0.1, 0.15) is 27.4 Å². The maximum Gasteiger partial charge on any atom is 0.261 e. The molecule has 8 heteroatoms. The van der Waals surface area contributed by atoms with Crippen LogP contribution >= 0.6 is 0 Å². The lowest BCUT2D eigenvalue weighted by Crippen LogP contribution is -2.27. The molecule has 1 amide bonds. The van der Waals surface area contributed by atoms with Crippen LogP contribution in [0, 0.1) is 13.8 Å². The standard InChI is InChI=1S/C22H24N2O5S/c1-15-5-12-20(30(26,27)23-17-7-10-18(28-4)11-8-17)13-21(15)22(25)24(3)14-19-9-6-16(2)29-19/h5-13,23H,14H2,1-4H3. The molecule has 30 heavy (non-hydrogen) atoms. The van der Waals surface area contributed by atoms with Gasteiger partial charge in [0, 0.05) is 18.3 Å². The number of hydrogen-bond acceptors (Lipinski definition) is 5. The number of anilines is 1. The van der Waals surface area contributed by atoms with Crippen molar-refractivity contribution in [3.05, 3.63) is 77.2 Å². The highest BCUT2D eigenvalue weighted by molar-refractivity contribution is 7.92. The van der Waals surface area contributed by atoms with E-state index in [2.05, 4.69) is 4.72 Å². The molecule has 1 N–H and O–H groups in total. The molecule has 0 bridgehead atoms. The summed E-state index contributed by atoms with van der Waals surface area (Å²) in [6, 6.07) is 14.7. The summed E-state index contributed by atoms with van der Waals surface area (Å²) in [5, 5.41) is 0. The zero-order valence-electron chi connectivity index (χ0n) is 17.3. The maximum absolute atomic E-state index is 12.9.